The first kappa shape index (κ1) is 15.3. The molecule has 2 aromatic rings. The van der Waals surface area contributed by atoms with E-state index in [1.54, 1.807) is 19.4 Å². The Morgan fingerprint density at radius 1 is 1.38 bits per heavy atom. The highest BCUT2D eigenvalue weighted by Gasteiger charge is 2.30. The van der Waals surface area contributed by atoms with E-state index in [0.29, 0.717) is 18.3 Å². The largest absolute Gasteiger partial charge is 0.361 e. The highest BCUT2D eigenvalue weighted by atomic mass is 16.5. The van der Waals surface area contributed by atoms with Crippen LogP contribution in [0.5, 0.6) is 0 Å². The van der Waals surface area contributed by atoms with E-state index in [2.05, 4.69) is 25.3 Å². The third-order valence-corrected chi connectivity index (χ3v) is 4.64. The monoisotopic (exact) mass is 330 g/mol. The molecule has 0 bridgehead atoms. The van der Waals surface area contributed by atoms with Gasteiger partial charge in [-0.3, -0.25) is 9.69 Å². The topological polar surface area (TPSA) is 89.1 Å². The molecule has 1 unspecified atom stereocenters. The lowest BCUT2D eigenvalue weighted by Crippen LogP contribution is -2.43. The maximum Gasteiger partial charge on any atom is 0.293 e. The molecule has 24 heavy (non-hydrogen) atoms. The predicted molar refractivity (Wildman–Crippen MR) is 87.7 cm³/mol. The van der Waals surface area contributed by atoms with Crippen LogP contribution in [-0.4, -0.2) is 43.7 Å². The van der Waals surface area contributed by atoms with E-state index in [4.69, 9.17) is 4.52 Å². The minimum Gasteiger partial charge on any atom is -0.361 e. The molecule has 1 aliphatic carbocycles. The molecule has 0 aromatic carbocycles. The van der Waals surface area contributed by atoms with E-state index in [1.807, 2.05) is 0 Å². The molecule has 1 saturated carbocycles. The third-order valence-electron chi connectivity index (χ3n) is 4.64. The van der Waals surface area contributed by atoms with Gasteiger partial charge in [-0.1, -0.05) is 5.16 Å². The van der Waals surface area contributed by atoms with E-state index < -0.39 is 0 Å². The summed E-state index contributed by atoms with van der Waals surface area (Å²) in [5, 5.41) is 7.38. The van der Waals surface area contributed by atoms with E-state index in [0.717, 1.165) is 50.5 Å². The molecule has 128 valence electrons. The Hall–Kier alpha value is -2.22. The van der Waals surface area contributed by atoms with Crippen molar-refractivity contribution in [2.24, 2.45) is 7.05 Å². The van der Waals surface area contributed by atoms with Crippen molar-refractivity contribution in [3.8, 4) is 0 Å². The van der Waals surface area contributed by atoms with Gasteiger partial charge in [-0.25, -0.2) is 4.98 Å². The van der Waals surface area contributed by atoms with Crippen molar-refractivity contribution in [2.75, 3.05) is 18.4 Å². The Kier molecular flexibility index (Phi) is 4.05. The molecule has 1 N–H and O–H groups in total. The summed E-state index contributed by atoms with van der Waals surface area (Å²) >= 11 is 0. The van der Waals surface area contributed by atoms with Crippen molar-refractivity contribution in [1.29, 1.82) is 0 Å². The second kappa shape index (κ2) is 6.35. The molecule has 8 heteroatoms. The minimum atomic E-state index is -0.0955. The molecule has 0 spiro atoms. The zero-order valence-electron chi connectivity index (χ0n) is 13.8. The molecule has 2 aliphatic rings. The van der Waals surface area contributed by atoms with Crippen LogP contribution in [0.2, 0.25) is 0 Å². The first-order valence-electron chi connectivity index (χ1n) is 8.52. The molecule has 1 aliphatic heterocycles. The van der Waals surface area contributed by atoms with Gasteiger partial charge in [0, 0.05) is 37.9 Å². The second-order valence-electron chi connectivity index (χ2n) is 6.73. The van der Waals surface area contributed by atoms with Crippen LogP contribution in [0.1, 0.15) is 43.3 Å². The molecule has 8 nitrogen and oxygen atoms in total. The number of aryl methyl sites for hydroxylation is 1. The van der Waals surface area contributed by atoms with Crippen LogP contribution >= 0.6 is 0 Å². The molecular weight excluding hydrogens is 308 g/mol. The standard InChI is InChI=1S/C16H22N6O2/c1-21-8-6-17-14(16(21)23)18-12-3-2-7-22(9-12)10-13-19-15(24-20-13)11-4-5-11/h6,8,11-12H,2-5,7,9-10H2,1H3,(H,17,18). The van der Waals surface area contributed by atoms with Crippen molar-refractivity contribution in [3.05, 3.63) is 34.5 Å². The Labute approximate surface area is 139 Å². The molecule has 2 fully saturated rings. The van der Waals surface area contributed by atoms with Gasteiger partial charge in [-0.05, 0) is 32.2 Å². The van der Waals surface area contributed by atoms with Gasteiger partial charge in [0.15, 0.2) is 11.6 Å². The number of piperidine rings is 1. The smallest absolute Gasteiger partial charge is 0.293 e. The van der Waals surface area contributed by atoms with Crippen molar-refractivity contribution >= 4 is 5.82 Å². The van der Waals surface area contributed by atoms with Gasteiger partial charge in [0.2, 0.25) is 5.89 Å². The van der Waals surface area contributed by atoms with E-state index >= 15 is 0 Å². The van der Waals surface area contributed by atoms with Gasteiger partial charge < -0.3 is 14.4 Å². The zero-order chi connectivity index (χ0) is 16.5. The summed E-state index contributed by atoms with van der Waals surface area (Å²) in [7, 11) is 1.73. The van der Waals surface area contributed by atoms with Crippen LogP contribution < -0.4 is 10.9 Å². The zero-order valence-corrected chi connectivity index (χ0v) is 13.8. The molecule has 0 amide bonds. The Morgan fingerprint density at radius 2 is 2.25 bits per heavy atom. The Balaban J connectivity index is 1.38. The second-order valence-corrected chi connectivity index (χ2v) is 6.73. The van der Waals surface area contributed by atoms with Crippen LogP contribution in [0, 0.1) is 0 Å². The number of anilines is 1. The maximum absolute atomic E-state index is 12.1. The van der Waals surface area contributed by atoms with Gasteiger partial charge in [0.1, 0.15) is 0 Å². The maximum atomic E-state index is 12.1. The summed E-state index contributed by atoms with van der Waals surface area (Å²) in [6.07, 6.45) is 7.72. The average Bonchev–Trinajstić information content (AvgIpc) is 3.33. The van der Waals surface area contributed by atoms with Crippen molar-refractivity contribution in [3.63, 3.8) is 0 Å². The van der Waals surface area contributed by atoms with Crippen molar-refractivity contribution < 1.29 is 4.52 Å². The predicted octanol–water partition coefficient (Wildman–Crippen LogP) is 1.12. The summed E-state index contributed by atoms with van der Waals surface area (Å²) in [5.41, 5.74) is -0.0955. The molecule has 2 aromatic heterocycles. The lowest BCUT2D eigenvalue weighted by molar-refractivity contribution is 0.201. The minimum absolute atomic E-state index is 0.0955. The van der Waals surface area contributed by atoms with Crippen LogP contribution in [0.15, 0.2) is 21.7 Å². The first-order valence-corrected chi connectivity index (χ1v) is 8.52. The van der Waals surface area contributed by atoms with Crippen molar-refractivity contribution in [2.45, 2.75) is 44.2 Å². The van der Waals surface area contributed by atoms with Gasteiger partial charge in [0.25, 0.3) is 5.56 Å². The highest BCUT2D eigenvalue weighted by Crippen LogP contribution is 2.38. The van der Waals surface area contributed by atoms with E-state index in [9.17, 15) is 4.79 Å². The van der Waals surface area contributed by atoms with Gasteiger partial charge >= 0.3 is 0 Å². The van der Waals surface area contributed by atoms with Crippen molar-refractivity contribution in [1.82, 2.24) is 24.6 Å². The molecule has 1 atom stereocenters. The molecule has 4 rings (SSSR count). The van der Waals surface area contributed by atoms with Crippen LogP contribution in [0.4, 0.5) is 5.82 Å². The number of nitrogens with one attached hydrogen (secondary N) is 1. The normalized spacial score (nSPS) is 21.8. The summed E-state index contributed by atoms with van der Waals surface area (Å²) < 4.78 is 6.86. The summed E-state index contributed by atoms with van der Waals surface area (Å²) in [6, 6.07) is 0.205. The molecular formula is C16H22N6O2. The Bertz CT molecular complexity index is 766. The lowest BCUT2D eigenvalue weighted by atomic mass is 10.1. The number of hydrogen-bond acceptors (Lipinski definition) is 7. The summed E-state index contributed by atoms with van der Waals surface area (Å²) in [5.74, 6) is 2.45. The quantitative estimate of drug-likeness (QED) is 0.878. The number of rotatable bonds is 5. The summed E-state index contributed by atoms with van der Waals surface area (Å²) in [6.45, 7) is 2.54. The fourth-order valence-corrected chi connectivity index (χ4v) is 3.13. The summed E-state index contributed by atoms with van der Waals surface area (Å²) in [4.78, 5) is 23.0. The molecule has 0 radical (unpaired) electrons. The lowest BCUT2D eigenvalue weighted by Gasteiger charge is -2.32. The number of hydrogen-bond donors (Lipinski definition) is 1. The first-order chi connectivity index (χ1) is 11.7. The van der Waals surface area contributed by atoms with E-state index in [-0.39, 0.29) is 11.6 Å². The number of nitrogens with zero attached hydrogens (tertiary/aromatic N) is 5. The fourth-order valence-electron chi connectivity index (χ4n) is 3.13. The van der Waals surface area contributed by atoms with Crippen LogP contribution in [-0.2, 0) is 13.6 Å². The van der Waals surface area contributed by atoms with E-state index in [1.165, 1.54) is 4.57 Å². The third kappa shape index (κ3) is 3.33. The number of aromatic nitrogens is 4. The van der Waals surface area contributed by atoms with Crippen LogP contribution in [0.25, 0.3) is 0 Å². The fraction of sp³-hybridized carbons (Fsp3) is 0.625. The van der Waals surface area contributed by atoms with Gasteiger partial charge in [-0.2, -0.15) is 4.98 Å². The van der Waals surface area contributed by atoms with Gasteiger partial charge in [0.05, 0.1) is 6.54 Å². The molecule has 3 heterocycles. The highest BCUT2D eigenvalue weighted by molar-refractivity contribution is 5.32. The number of likely N-dealkylation sites (tertiary alicyclic amines) is 1. The van der Waals surface area contributed by atoms with Gasteiger partial charge in [-0.15, -0.1) is 0 Å². The average molecular weight is 330 g/mol. The Morgan fingerprint density at radius 3 is 3.08 bits per heavy atom. The molecule has 1 saturated heterocycles. The SMILES string of the molecule is Cn1ccnc(NC2CCCN(Cc3noc(C4CC4)n3)C2)c1=O. The van der Waals surface area contributed by atoms with Crippen LogP contribution in [0.3, 0.4) is 0 Å².